The summed E-state index contributed by atoms with van der Waals surface area (Å²) in [6.07, 6.45) is -1.17. The van der Waals surface area contributed by atoms with Crippen LogP contribution < -0.4 is 38.9 Å². The standard InChI is InChI=1S/C21H40N8O7/c1-10(2)9-14(18(33)28-13(20(35)36)5-4-8-26-21(24)25)29-17(32)12(6-7-15(22)31)27-19(34)16(23)11(3)30/h10-14,16,30H,4-9,23H2,1-3H3,(H2,22,31)(H,27,34)(H,28,33)(H,29,32)(H,35,36)(H4,24,25,26). The molecule has 0 saturated heterocycles. The Hall–Kier alpha value is -3.46. The van der Waals surface area contributed by atoms with E-state index in [1.54, 1.807) is 13.8 Å². The first-order chi connectivity index (χ1) is 16.6. The minimum absolute atomic E-state index is 0.0364. The minimum atomic E-state index is -1.33. The summed E-state index contributed by atoms with van der Waals surface area (Å²) in [5.74, 6) is -4.60. The van der Waals surface area contributed by atoms with Crippen molar-refractivity contribution in [3.05, 3.63) is 0 Å². The topological polar surface area (TPSA) is 278 Å². The van der Waals surface area contributed by atoms with Crippen molar-refractivity contribution in [3.8, 4) is 0 Å². The summed E-state index contributed by atoms with van der Waals surface area (Å²) in [5.41, 5.74) is 21.2. The molecular weight excluding hydrogens is 476 g/mol. The Morgan fingerprint density at radius 1 is 0.833 bits per heavy atom. The third-order valence-corrected chi connectivity index (χ3v) is 5.03. The van der Waals surface area contributed by atoms with Gasteiger partial charge in [-0.1, -0.05) is 13.8 Å². The predicted molar refractivity (Wildman–Crippen MR) is 131 cm³/mol. The molecule has 0 aliphatic heterocycles. The molecule has 0 saturated carbocycles. The van der Waals surface area contributed by atoms with Crippen molar-refractivity contribution in [2.75, 3.05) is 6.54 Å². The molecule has 0 radical (unpaired) electrons. The highest BCUT2D eigenvalue weighted by atomic mass is 16.4. The van der Waals surface area contributed by atoms with Crippen LogP contribution in [0.5, 0.6) is 0 Å². The average Bonchev–Trinajstić information content (AvgIpc) is 2.76. The van der Waals surface area contributed by atoms with Crippen molar-refractivity contribution in [3.63, 3.8) is 0 Å². The number of aliphatic hydroxyl groups excluding tert-OH is 1. The zero-order valence-electron chi connectivity index (χ0n) is 20.9. The molecule has 5 atom stereocenters. The van der Waals surface area contributed by atoms with Gasteiger partial charge in [0.1, 0.15) is 24.2 Å². The molecule has 13 N–H and O–H groups in total. The summed E-state index contributed by atoms with van der Waals surface area (Å²) in [6, 6.07) is -5.02. The third-order valence-electron chi connectivity index (χ3n) is 5.03. The molecule has 0 spiro atoms. The zero-order valence-corrected chi connectivity index (χ0v) is 20.9. The highest BCUT2D eigenvalue weighted by molar-refractivity contribution is 5.94. The number of guanidine groups is 1. The van der Waals surface area contributed by atoms with Gasteiger partial charge in [0.25, 0.3) is 0 Å². The minimum Gasteiger partial charge on any atom is -0.480 e. The lowest BCUT2D eigenvalue weighted by molar-refractivity contribution is -0.142. The Balaban J connectivity index is 5.53. The van der Waals surface area contributed by atoms with Gasteiger partial charge in [-0.25, -0.2) is 4.79 Å². The second kappa shape index (κ2) is 16.3. The van der Waals surface area contributed by atoms with Crippen LogP contribution in [0.2, 0.25) is 0 Å². The van der Waals surface area contributed by atoms with E-state index < -0.39 is 59.9 Å². The number of aliphatic hydroxyl groups is 1. The van der Waals surface area contributed by atoms with Crippen LogP contribution in [0, 0.1) is 5.92 Å². The first-order valence-corrected chi connectivity index (χ1v) is 11.6. The van der Waals surface area contributed by atoms with E-state index in [1.807, 2.05) is 0 Å². The van der Waals surface area contributed by atoms with Crippen LogP contribution in [-0.4, -0.2) is 82.6 Å². The highest BCUT2D eigenvalue weighted by Crippen LogP contribution is 2.09. The lowest BCUT2D eigenvalue weighted by Crippen LogP contribution is -2.58. The van der Waals surface area contributed by atoms with Gasteiger partial charge in [0, 0.05) is 13.0 Å². The molecule has 0 aromatic rings. The van der Waals surface area contributed by atoms with E-state index in [0.29, 0.717) is 0 Å². The molecule has 0 fully saturated rings. The van der Waals surface area contributed by atoms with Gasteiger partial charge < -0.3 is 49.1 Å². The Morgan fingerprint density at radius 2 is 1.36 bits per heavy atom. The smallest absolute Gasteiger partial charge is 0.326 e. The maximum atomic E-state index is 13.0. The Kier molecular flexibility index (Phi) is 14.7. The molecule has 36 heavy (non-hydrogen) atoms. The van der Waals surface area contributed by atoms with Crippen LogP contribution in [0.25, 0.3) is 0 Å². The van der Waals surface area contributed by atoms with E-state index in [0.717, 1.165) is 0 Å². The first-order valence-electron chi connectivity index (χ1n) is 11.6. The summed E-state index contributed by atoms with van der Waals surface area (Å²) >= 11 is 0. The van der Waals surface area contributed by atoms with Crippen molar-refractivity contribution in [2.45, 2.75) is 83.1 Å². The number of hydrogen-bond acceptors (Lipinski definition) is 8. The van der Waals surface area contributed by atoms with E-state index in [4.69, 9.17) is 22.9 Å². The number of carboxylic acid groups (broad SMARTS) is 1. The molecule has 0 heterocycles. The number of nitrogens with two attached hydrogens (primary N) is 4. The number of carbonyl (C=O) groups excluding carboxylic acids is 4. The fourth-order valence-corrected chi connectivity index (χ4v) is 3.05. The summed E-state index contributed by atoms with van der Waals surface area (Å²) in [5, 5.41) is 26.3. The number of nitrogens with one attached hydrogen (secondary N) is 3. The van der Waals surface area contributed by atoms with Crippen LogP contribution in [-0.2, 0) is 24.0 Å². The zero-order chi connectivity index (χ0) is 28.0. The SMILES string of the molecule is CC(C)CC(NC(=O)C(CCC(N)=O)NC(=O)C(N)C(C)O)C(=O)NC(CCCN=C(N)N)C(=O)O. The number of aliphatic carboxylic acids is 1. The van der Waals surface area contributed by atoms with Crippen LogP contribution in [0.1, 0.15) is 52.9 Å². The Morgan fingerprint density at radius 3 is 1.83 bits per heavy atom. The van der Waals surface area contributed by atoms with Gasteiger partial charge in [0.05, 0.1) is 6.10 Å². The van der Waals surface area contributed by atoms with Gasteiger partial charge in [-0.3, -0.25) is 24.2 Å². The Labute approximate surface area is 209 Å². The van der Waals surface area contributed by atoms with Gasteiger partial charge in [0.2, 0.25) is 23.6 Å². The largest absolute Gasteiger partial charge is 0.480 e. The normalized spacial score (nSPS) is 15.1. The van der Waals surface area contributed by atoms with Crippen molar-refractivity contribution in [2.24, 2.45) is 33.8 Å². The number of carboxylic acids is 1. The highest BCUT2D eigenvalue weighted by Gasteiger charge is 2.31. The van der Waals surface area contributed by atoms with Crippen molar-refractivity contribution in [1.82, 2.24) is 16.0 Å². The maximum absolute atomic E-state index is 13.0. The predicted octanol–water partition coefficient (Wildman–Crippen LogP) is -3.40. The summed E-state index contributed by atoms with van der Waals surface area (Å²) in [7, 11) is 0. The van der Waals surface area contributed by atoms with Gasteiger partial charge in [-0.05, 0) is 38.5 Å². The number of amides is 4. The van der Waals surface area contributed by atoms with Crippen LogP contribution >= 0.6 is 0 Å². The third kappa shape index (κ3) is 13.4. The molecule has 4 amide bonds. The molecular formula is C21H40N8O7. The molecule has 0 aromatic heterocycles. The molecule has 15 nitrogen and oxygen atoms in total. The number of rotatable bonds is 17. The fourth-order valence-electron chi connectivity index (χ4n) is 3.05. The lowest BCUT2D eigenvalue weighted by Gasteiger charge is -2.26. The number of carbonyl (C=O) groups is 5. The summed E-state index contributed by atoms with van der Waals surface area (Å²) in [4.78, 5) is 64.7. The molecule has 206 valence electrons. The van der Waals surface area contributed by atoms with Crippen LogP contribution in [0.4, 0.5) is 0 Å². The maximum Gasteiger partial charge on any atom is 0.326 e. The quantitative estimate of drug-likeness (QED) is 0.0524. The number of nitrogens with zero attached hydrogens (tertiary/aromatic N) is 1. The van der Waals surface area contributed by atoms with Gasteiger partial charge in [-0.15, -0.1) is 0 Å². The monoisotopic (exact) mass is 516 g/mol. The molecule has 15 heteroatoms. The molecule has 0 rings (SSSR count). The molecule has 0 bridgehead atoms. The van der Waals surface area contributed by atoms with E-state index in [-0.39, 0.29) is 50.5 Å². The van der Waals surface area contributed by atoms with E-state index >= 15 is 0 Å². The molecule has 0 aliphatic carbocycles. The van der Waals surface area contributed by atoms with Gasteiger partial charge in [-0.2, -0.15) is 0 Å². The van der Waals surface area contributed by atoms with Gasteiger partial charge in [0.15, 0.2) is 5.96 Å². The fraction of sp³-hybridized carbons (Fsp3) is 0.714. The number of aliphatic imine (C=N–C) groups is 1. The number of primary amides is 1. The molecule has 0 aliphatic rings. The van der Waals surface area contributed by atoms with E-state index in [2.05, 4.69) is 20.9 Å². The van der Waals surface area contributed by atoms with Crippen molar-refractivity contribution >= 4 is 35.6 Å². The average molecular weight is 517 g/mol. The van der Waals surface area contributed by atoms with Crippen LogP contribution in [0.3, 0.4) is 0 Å². The van der Waals surface area contributed by atoms with E-state index in [1.165, 1.54) is 6.92 Å². The second-order valence-corrected chi connectivity index (χ2v) is 8.87. The summed E-state index contributed by atoms with van der Waals surface area (Å²) in [6.45, 7) is 5.06. The molecule has 0 aromatic carbocycles. The Bertz CT molecular complexity index is 799. The van der Waals surface area contributed by atoms with E-state index in [9.17, 15) is 34.2 Å². The number of hydrogen-bond donors (Lipinski definition) is 9. The van der Waals surface area contributed by atoms with Gasteiger partial charge >= 0.3 is 5.97 Å². The van der Waals surface area contributed by atoms with Crippen molar-refractivity contribution in [1.29, 1.82) is 0 Å². The summed E-state index contributed by atoms with van der Waals surface area (Å²) < 4.78 is 0. The van der Waals surface area contributed by atoms with Crippen molar-refractivity contribution < 1.29 is 34.2 Å². The van der Waals surface area contributed by atoms with Crippen LogP contribution in [0.15, 0.2) is 4.99 Å². The first kappa shape index (κ1) is 32.5. The second-order valence-electron chi connectivity index (χ2n) is 8.87. The molecule has 5 unspecified atom stereocenters. The lowest BCUT2D eigenvalue weighted by atomic mass is 10.0.